The van der Waals surface area contributed by atoms with Crippen LogP contribution < -0.4 is 0 Å². The zero-order valence-electron chi connectivity index (χ0n) is 14.3. The van der Waals surface area contributed by atoms with Crippen LogP contribution in [0.2, 0.25) is 0 Å². The molecule has 0 fully saturated rings. The average Bonchev–Trinajstić information content (AvgIpc) is 3.40. The van der Waals surface area contributed by atoms with E-state index in [0.717, 1.165) is 42.6 Å². The van der Waals surface area contributed by atoms with Gasteiger partial charge in [0.25, 0.3) is 0 Å². The van der Waals surface area contributed by atoms with Gasteiger partial charge in [-0.3, -0.25) is 4.68 Å². The summed E-state index contributed by atoms with van der Waals surface area (Å²) in [7, 11) is 0. The molecule has 1 aliphatic heterocycles. The van der Waals surface area contributed by atoms with Gasteiger partial charge in [-0.15, -0.1) is 5.10 Å². The van der Waals surface area contributed by atoms with Gasteiger partial charge in [-0.25, -0.2) is 15.0 Å². The van der Waals surface area contributed by atoms with Crippen LogP contribution in [0.3, 0.4) is 0 Å². The molecule has 1 unspecified atom stereocenters. The van der Waals surface area contributed by atoms with Crippen molar-refractivity contribution in [2.24, 2.45) is 0 Å². The normalized spacial score (nSPS) is 16.6. The summed E-state index contributed by atoms with van der Waals surface area (Å²) in [6.45, 7) is 2.73. The maximum absolute atomic E-state index is 5.72. The van der Waals surface area contributed by atoms with Crippen molar-refractivity contribution in [1.82, 2.24) is 34.5 Å². The summed E-state index contributed by atoms with van der Waals surface area (Å²) in [5, 5.41) is 8.95. The predicted molar refractivity (Wildman–Crippen MR) is 92.7 cm³/mol. The molecule has 26 heavy (non-hydrogen) atoms. The Morgan fingerprint density at radius 2 is 2.12 bits per heavy atom. The minimum Gasteiger partial charge on any atom is -0.458 e. The van der Waals surface area contributed by atoms with Crippen molar-refractivity contribution >= 4 is 0 Å². The van der Waals surface area contributed by atoms with Crippen molar-refractivity contribution in [3.05, 3.63) is 60.3 Å². The van der Waals surface area contributed by atoms with E-state index in [4.69, 9.17) is 9.40 Å². The van der Waals surface area contributed by atoms with Gasteiger partial charge in [0.1, 0.15) is 23.7 Å². The molecular weight excluding hydrogens is 330 g/mol. The lowest BCUT2D eigenvalue weighted by molar-refractivity contribution is 0.417. The van der Waals surface area contributed by atoms with E-state index in [1.54, 1.807) is 12.5 Å². The summed E-state index contributed by atoms with van der Waals surface area (Å²) in [5.41, 5.74) is 0. The summed E-state index contributed by atoms with van der Waals surface area (Å²) >= 11 is 0. The predicted octanol–water partition coefficient (Wildman–Crippen LogP) is 2.55. The Morgan fingerprint density at radius 1 is 1.15 bits per heavy atom. The van der Waals surface area contributed by atoms with Crippen LogP contribution >= 0.6 is 0 Å². The molecule has 8 nitrogen and oxygen atoms in total. The highest BCUT2D eigenvalue weighted by atomic mass is 16.3. The Kier molecular flexibility index (Phi) is 3.41. The molecule has 0 radical (unpaired) electrons. The molecule has 1 aliphatic rings. The number of furan rings is 1. The summed E-state index contributed by atoms with van der Waals surface area (Å²) in [4.78, 5) is 13.6. The van der Waals surface area contributed by atoms with Crippen molar-refractivity contribution in [2.45, 2.75) is 32.2 Å². The maximum atomic E-state index is 5.72. The van der Waals surface area contributed by atoms with Crippen LogP contribution in [0, 0.1) is 6.92 Å². The zero-order valence-corrected chi connectivity index (χ0v) is 14.3. The van der Waals surface area contributed by atoms with E-state index in [2.05, 4.69) is 20.2 Å². The van der Waals surface area contributed by atoms with Crippen LogP contribution in [-0.2, 0) is 13.0 Å². The summed E-state index contributed by atoms with van der Waals surface area (Å²) in [6.07, 6.45) is 5.08. The highest BCUT2D eigenvalue weighted by Gasteiger charge is 2.28. The first-order valence-electron chi connectivity index (χ1n) is 8.60. The van der Waals surface area contributed by atoms with Gasteiger partial charge in [0.15, 0.2) is 11.6 Å². The van der Waals surface area contributed by atoms with Gasteiger partial charge < -0.3 is 4.42 Å². The molecule has 4 aromatic rings. The highest BCUT2D eigenvalue weighted by molar-refractivity contribution is 5.47. The molecule has 0 saturated carbocycles. The highest BCUT2D eigenvalue weighted by Crippen LogP contribution is 2.30. The number of nitrogens with zero attached hydrogens (tertiary/aromatic N) is 7. The van der Waals surface area contributed by atoms with Gasteiger partial charge in [-0.05, 0) is 37.6 Å². The first kappa shape index (κ1) is 15.0. The Morgan fingerprint density at radius 3 is 2.92 bits per heavy atom. The van der Waals surface area contributed by atoms with Crippen molar-refractivity contribution in [3.63, 3.8) is 0 Å². The van der Waals surface area contributed by atoms with E-state index >= 15 is 0 Å². The van der Waals surface area contributed by atoms with Gasteiger partial charge in [0.2, 0.25) is 5.82 Å². The molecule has 0 aromatic carbocycles. The van der Waals surface area contributed by atoms with Crippen molar-refractivity contribution in [1.29, 1.82) is 0 Å². The third-order valence-corrected chi connectivity index (χ3v) is 4.64. The Hall–Kier alpha value is -3.29. The topological polar surface area (TPSA) is 87.5 Å². The fraction of sp³-hybridized carbons (Fsp3) is 0.278. The molecule has 0 N–H and O–H groups in total. The van der Waals surface area contributed by atoms with Crippen LogP contribution in [0.4, 0.5) is 0 Å². The van der Waals surface area contributed by atoms with E-state index in [0.29, 0.717) is 11.6 Å². The van der Waals surface area contributed by atoms with E-state index in [1.165, 1.54) is 0 Å². The van der Waals surface area contributed by atoms with Crippen molar-refractivity contribution < 1.29 is 4.42 Å². The smallest absolute Gasteiger partial charge is 0.217 e. The van der Waals surface area contributed by atoms with Gasteiger partial charge in [0.05, 0.1) is 0 Å². The first-order chi connectivity index (χ1) is 12.8. The SMILES string of the molecule is Cc1ccc(-c2nc(C3CCn4ncnc4C3)n(-c3ccccn3)n2)o1. The molecule has 1 atom stereocenters. The third-order valence-electron chi connectivity index (χ3n) is 4.64. The summed E-state index contributed by atoms with van der Waals surface area (Å²) in [6, 6.07) is 9.58. The number of fused-ring (bicyclic) bond motifs is 1. The molecule has 8 heteroatoms. The Labute approximate surface area is 149 Å². The van der Waals surface area contributed by atoms with E-state index < -0.39 is 0 Å². The summed E-state index contributed by atoms with van der Waals surface area (Å²) in [5.74, 6) is 4.88. The first-order valence-corrected chi connectivity index (χ1v) is 8.60. The Bertz CT molecular complexity index is 1050. The standard InChI is InChI=1S/C18H17N7O/c1-12-5-6-14(26-12)17-22-18(25(23-17)15-4-2-3-8-19-15)13-7-9-24-16(10-13)20-11-21-24/h2-6,8,11,13H,7,9-10H2,1H3. The minimum atomic E-state index is 0.200. The number of hydrogen-bond acceptors (Lipinski definition) is 6. The van der Waals surface area contributed by atoms with Crippen LogP contribution in [0.15, 0.2) is 47.3 Å². The third kappa shape index (κ3) is 2.50. The van der Waals surface area contributed by atoms with E-state index in [-0.39, 0.29) is 5.92 Å². The maximum Gasteiger partial charge on any atom is 0.217 e. The Balaban J connectivity index is 1.60. The van der Waals surface area contributed by atoms with E-state index in [1.807, 2.05) is 46.6 Å². The molecule has 5 rings (SSSR count). The van der Waals surface area contributed by atoms with Crippen molar-refractivity contribution in [3.8, 4) is 17.4 Å². The molecule has 0 saturated heterocycles. The van der Waals surface area contributed by atoms with Crippen LogP contribution in [0.25, 0.3) is 17.4 Å². The van der Waals surface area contributed by atoms with Gasteiger partial charge in [-0.1, -0.05) is 6.07 Å². The number of hydrogen-bond donors (Lipinski definition) is 0. The van der Waals surface area contributed by atoms with Crippen molar-refractivity contribution in [2.75, 3.05) is 0 Å². The second-order valence-corrected chi connectivity index (χ2v) is 6.39. The fourth-order valence-corrected chi connectivity index (χ4v) is 3.35. The molecule has 0 spiro atoms. The molecule has 0 bridgehead atoms. The number of aryl methyl sites for hydroxylation is 2. The number of pyridine rings is 1. The van der Waals surface area contributed by atoms with Crippen LogP contribution in [0.1, 0.15) is 29.7 Å². The molecule has 130 valence electrons. The van der Waals surface area contributed by atoms with E-state index in [9.17, 15) is 0 Å². The number of rotatable bonds is 3. The van der Waals surface area contributed by atoms with Crippen LogP contribution in [-0.4, -0.2) is 34.5 Å². The lowest BCUT2D eigenvalue weighted by atomic mass is 9.97. The number of aromatic nitrogens is 7. The van der Waals surface area contributed by atoms with Gasteiger partial charge in [0, 0.05) is 25.1 Å². The van der Waals surface area contributed by atoms with Crippen LogP contribution in [0.5, 0.6) is 0 Å². The lowest BCUT2D eigenvalue weighted by Gasteiger charge is -2.21. The summed E-state index contributed by atoms with van der Waals surface area (Å²) < 4.78 is 9.50. The molecular formula is C18H17N7O. The fourth-order valence-electron chi connectivity index (χ4n) is 3.35. The monoisotopic (exact) mass is 347 g/mol. The largest absolute Gasteiger partial charge is 0.458 e. The average molecular weight is 347 g/mol. The second-order valence-electron chi connectivity index (χ2n) is 6.39. The minimum absolute atomic E-state index is 0.200. The molecule has 0 aliphatic carbocycles. The molecule has 5 heterocycles. The van der Waals surface area contributed by atoms with Gasteiger partial charge in [-0.2, -0.15) is 9.78 Å². The lowest BCUT2D eigenvalue weighted by Crippen LogP contribution is -2.22. The molecule has 0 amide bonds. The quantitative estimate of drug-likeness (QED) is 0.566. The molecule has 4 aromatic heterocycles. The second kappa shape index (κ2) is 5.91. The zero-order chi connectivity index (χ0) is 17.5. The van der Waals surface area contributed by atoms with Gasteiger partial charge >= 0.3 is 0 Å².